The van der Waals surface area contributed by atoms with E-state index in [0.29, 0.717) is 13.0 Å². The lowest BCUT2D eigenvalue weighted by atomic mass is 10.00. The molecule has 0 aliphatic carbocycles. The maximum atomic E-state index is 12.4. The molecule has 2 unspecified atom stereocenters. The summed E-state index contributed by atoms with van der Waals surface area (Å²) in [5.74, 6) is 0.0622. The molecule has 1 fully saturated rings. The summed E-state index contributed by atoms with van der Waals surface area (Å²) in [6.45, 7) is 11.0. The van der Waals surface area contributed by atoms with Gasteiger partial charge in [-0.2, -0.15) is 0 Å². The third kappa shape index (κ3) is 4.22. The molecule has 2 heterocycles. The molecule has 2 aromatic rings. The Kier molecular flexibility index (Phi) is 5.16. The predicted octanol–water partition coefficient (Wildman–Crippen LogP) is 2.71. The number of aromatic amines is 1. The van der Waals surface area contributed by atoms with Gasteiger partial charge in [0.05, 0.1) is 18.6 Å². The topological polar surface area (TPSA) is 57.4 Å². The Labute approximate surface area is 149 Å². The standard InChI is InChI=1S/C20H29N3O2/c1-14-11-23(12-15(2)25-14)20(3,4)13-22-19(24)9-16-10-21-18-8-6-5-7-17(16)18/h5-8,10,14-15,21H,9,11-13H2,1-4H3,(H,22,24). The molecule has 2 atom stereocenters. The lowest BCUT2D eigenvalue weighted by Gasteiger charge is -2.45. The number of rotatable bonds is 5. The smallest absolute Gasteiger partial charge is 0.224 e. The molecule has 136 valence electrons. The second kappa shape index (κ2) is 7.18. The van der Waals surface area contributed by atoms with Gasteiger partial charge < -0.3 is 15.0 Å². The van der Waals surface area contributed by atoms with E-state index in [9.17, 15) is 4.79 Å². The zero-order chi connectivity index (χ0) is 18.0. The van der Waals surface area contributed by atoms with Crippen LogP contribution in [0.3, 0.4) is 0 Å². The minimum absolute atomic E-state index is 0.0622. The van der Waals surface area contributed by atoms with Crippen LogP contribution in [-0.2, 0) is 16.0 Å². The van der Waals surface area contributed by atoms with Gasteiger partial charge >= 0.3 is 0 Å². The van der Waals surface area contributed by atoms with Crippen LogP contribution in [0, 0.1) is 0 Å². The van der Waals surface area contributed by atoms with Crippen molar-refractivity contribution in [1.29, 1.82) is 0 Å². The van der Waals surface area contributed by atoms with Crippen LogP contribution in [0.2, 0.25) is 0 Å². The van der Waals surface area contributed by atoms with E-state index in [1.165, 1.54) is 0 Å². The van der Waals surface area contributed by atoms with Crippen molar-refractivity contribution in [3.05, 3.63) is 36.0 Å². The molecule has 1 aliphatic heterocycles. The summed E-state index contributed by atoms with van der Waals surface area (Å²) in [5.41, 5.74) is 2.02. The molecule has 0 saturated carbocycles. The number of para-hydroxylation sites is 1. The first-order valence-corrected chi connectivity index (χ1v) is 9.07. The highest BCUT2D eigenvalue weighted by Gasteiger charge is 2.33. The van der Waals surface area contributed by atoms with E-state index in [1.54, 1.807) is 0 Å². The van der Waals surface area contributed by atoms with Gasteiger partial charge in [-0.25, -0.2) is 0 Å². The maximum Gasteiger partial charge on any atom is 0.224 e. The summed E-state index contributed by atoms with van der Waals surface area (Å²) in [7, 11) is 0. The number of carbonyl (C=O) groups is 1. The van der Waals surface area contributed by atoms with Crippen molar-refractivity contribution < 1.29 is 9.53 Å². The summed E-state index contributed by atoms with van der Waals surface area (Å²) in [4.78, 5) is 18.1. The van der Waals surface area contributed by atoms with Gasteiger partial charge in [-0.3, -0.25) is 9.69 Å². The van der Waals surface area contributed by atoms with E-state index in [0.717, 1.165) is 29.6 Å². The first-order chi connectivity index (χ1) is 11.8. The summed E-state index contributed by atoms with van der Waals surface area (Å²) in [6, 6.07) is 8.08. The van der Waals surface area contributed by atoms with Crippen LogP contribution in [-0.4, -0.2) is 53.2 Å². The van der Waals surface area contributed by atoms with E-state index < -0.39 is 0 Å². The van der Waals surface area contributed by atoms with Crippen LogP contribution in [0.15, 0.2) is 30.5 Å². The molecule has 3 rings (SSSR count). The first-order valence-electron chi connectivity index (χ1n) is 9.07. The average molecular weight is 343 g/mol. The number of aromatic nitrogens is 1. The average Bonchev–Trinajstić information content (AvgIpc) is 2.95. The Morgan fingerprint density at radius 3 is 2.68 bits per heavy atom. The second-order valence-corrected chi connectivity index (χ2v) is 7.79. The lowest BCUT2D eigenvalue weighted by Crippen LogP contribution is -2.58. The van der Waals surface area contributed by atoms with Crippen LogP contribution in [0.5, 0.6) is 0 Å². The van der Waals surface area contributed by atoms with Crippen LogP contribution >= 0.6 is 0 Å². The fourth-order valence-corrected chi connectivity index (χ4v) is 3.61. The number of nitrogens with one attached hydrogen (secondary N) is 2. The highest BCUT2D eigenvalue weighted by Crippen LogP contribution is 2.21. The monoisotopic (exact) mass is 343 g/mol. The minimum atomic E-state index is -0.0951. The lowest BCUT2D eigenvalue weighted by molar-refractivity contribution is -0.122. The van der Waals surface area contributed by atoms with Crippen molar-refractivity contribution >= 4 is 16.8 Å². The number of fused-ring (bicyclic) bond motifs is 1. The Balaban J connectivity index is 1.58. The summed E-state index contributed by atoms with van der Waals surface area (Å²) in [5, 5.41) is 4.24. The van der Waals surface area contributed by atoms with E-state index >= 15 is 0 Å². The fraction of sp³-hybridized carbons (Fsp3) is 0.550. The zero-order valence-electron chi connectivity index (χ0n) is 15.6. The predicted molar refractivity (Wildman–Crippen MR) is 101 cm³/mol. The van der Waals surface area contributed by atoms with Crippen molar-refractivity contribution in [3.8, 4) is 0 Å². The van der Waals surface area contributed by atoms with E-state index in [2.05, 4.69) is 49.0 Å². The SMILES string of the molecule is CC1CN(C(C)(C)CNC(=O)Cc2c[nH]c3ccccc23)CC(C)O1. The Morgan fingerprint density at radius 2 is 1.96 bits per heavy atom. The van der Waals surface area contributed by atoms with Gasteiger partial charge in [-0.1, -0.05) is 18.2 Å². The molecule has 0 spiro atoms. The van der Waals surface area contributed by atoms with Gasteiger partial charge in [-0.05, 0) is 39.3 Å². The molecule has 25 heavy (non-hydrogen) atoms. The molecule has 1 aliphatic rings. The van der Waals surface area contributed by atoms with Crippen molar-refractivity contribution in [1.82, 2.24) is 15.2 Å². The molecule has 0 radical (unpaired) electrons. The highest BCUT2D eigenvalue weighted by atomic mass is 16.5. The van der Waals surface area contributed by atoms with Crippen molar-refractivity contribution in [2.45, 2.75) is 51.9 Å². The van der Waals surface area contributed by atoms with E-state index in [-0.39, 0.29) is 23.7 Å². The molecule has 5 nitrogen and oxygen atoms in total. The Morgan fingerprint density at radius 1 is 1.28 bits per heavy atom. The van der Waals surface area contributed by atoms with Gasteiger partial charge in [0.2, 0.25) is 5.91 Å². The third-order valence-electron chi connectivity index (χ3n) is 5.02. The fourth-order valence-electron chi connectivity index (χ4n) is 3.61. The molecule has 1 aromatic carbocycles. The van der Waals surface area contributed by atoms with Crippen molar-refractivity contribution in [3.63, 3.8) is 0 Å². The summed E-state index contributed by atoms with van der Waals surface area (Å²) >= 11 is 0. The van der Waals surface area contributed by atoms with Gasteiger partial charge in [0.1, 0.15) is 0 Å². The second-order valence-electron chi connectivity index (χ2n) is 7.79. The van der Waals surface area contributed by atoms with Gasteiger partial charge in [-0.15, -0.1) is 0 Å². The van der Waals surface area contributed by atoms with Crippen molar-refractivity contribution in [2.75, 3.05) is 19.6 Å². The minimum Gasteiger partial charge on any atom is -0.373 e. The number of hydrogen-bond donors (Lipinski definition) is 2. The number of nitrogens with zero attached hydrogens (tertiary/aromatic N) is 1. The van der Waals surface area contributed by atoms with Crippen LogP contribution < -0.4 is 5.32 Å². The third-order valence-corrected chi connectivity index (χ3v) is 5.02. The first kappa shape index (κ1) is 18.0. The van der Waals surface area contributed by atoms with Crippen LogP contribution in [0.1, 0.15) is 33.3 Å². The number of H-pyrrole nitrogens is 1. The van der Waals surface area contributed by atoms with Gasteiger partial charge in [0.25, 0.3) is 0 Å². The number of ether oxygens (including phenoxy) is 1. The molecular formula is C20H29N3O2. The quantitative estimate of drug-likeness (QED) is 0.878. The zero-order valence-corrected chi connectivity index (χ0v) is 15.6. The number of benzene rings is 1. The van der Waals surface area contributed by atoms with E-state index in [1.807, 2.05) is 24.4 Å². The molecule has 2 N–H and O–H groups in total. The summed E-state index contributed by atoms with van der Waals surface area (Å²) < 4.78 is 5.82. The normalized spacial score (nSPS) is 22.2. The van der Waals surface area contributed by atoms with Crippen molar-refractivity contribution in [2.24, 2.45) is 0 Å². The Hall–Kier alpha value is -1.85. The number of amides is 1. The van der Waals surface area contributed by atoms with Crippen LogP contribution in [0.4, 0.5) is 0 Å². The largest absolute Gasteiger partial charge is 0.373 e. The van der Waals surface area contributed by atoms with Gasteiger partial charge in [0.15, 0.2) is 0 Å². The highest BCUT2D eigenvalue weighted by molar-refractivity contribution is 5.88. The molecule has 1 aromatic heterocycles. The Bertz CT molecular complexity index is 727. The summed E-state index contributed by atoms with van der Waals surface area (Å²) in [6.07, 6.45) is 2.78. The molecule has 5 heteroatoms. The molecule has 1 saturated heterocycles. The number of carbonyl (C=O) groups excluding carboxylic acids is 1. The molecular weight excluding hydrogens is 314 g/mol. The number of hydrogen-bond acceptors (Lipinski definition) is 3. The maximum absolute atomic E-state index is 12.4. The van der Waals surface area contributed by atoms with Crippen LogP contribution in [0.25, 0.3) is 10.9 Å². The number of morpholine rings is 1. The molecule has 0 bridgehead atoms. The van der Waals surface area contributed by atoms with E-state index in [4.69, 9.17) is 4.74 Å². The van der Waals surface area contributed by atoms with Gasteiger partial charge in [0, 0.05) is 42.3 Å². The molecule has 1 amide bonds.